The van der Waals surface area contributed by atoms with Crippen molar-refractivity contribution in [3.63, 3.8) is 0 Å². The normalized spacial score (nSPS) is 17.3. The molecule has 0 radical (unpaired) electrons. The molecule has 1 aliphatic heterocycles. The van der Waals surface area contributed by atoms with Crippen molar-refractivity contribution in [2.24, 2.45) is 0 Å². The van der Waals surface area contributed by atoms with Gasteiger partial charge in [-0.05, 0) is 19.8 Å². The first-order valence-electron chi connectivity index (χ1n) is 9.53. The van der Waals surface area contributed by atoms with Crippen molar-refractivity contribution in [3.8, 4) is 0 Å². The third-order valence-corrected chi connectivity index (χ3v) is 5.12. The van der Waals surface area contributed by atoms with Gasteiger partial charge in [0.15, 0.2) is 5.82 Å². The third-order valence-electron chi connectivity index (χ3n) is 5.12. The van der Waals surface area contributed by atoms with Crippen molar-refractivity contribution in [1.29, 1.82) is 0 Å². The Kier molecular flexibility index (Phi) is 5.44. The number of hydrogen-bond donors (Lipinski definition) is 0. The average Bonchev–Trinajstić information content (AvgIpc) is 3.30. The van der Waals surface area contributed by atoms with E-state index in [4.69, 9.17) is 4.52 Å². The van der Waals surface area contributed by atoms with Gasteiger partial charge in [-0.3, -0.25) is 4.79 Å². The average molecular weight is 359 g/mol. The molecule has 2 aromatic rings. The van der Waals surface area contributed by atoms with Crippen LogP contribution in [0.5, 0.6) is 0 Å². The highest BCUT2D eigenvalue weighted by Gasteiger charge is 2.30. The van der Waals surface area contributed by atoms with E-state index in [1.165, 1.54) is 0 Å². The Bertz CT molecular complexity index is 741. The highest BCUT2D eigenvalue weighted by molar-refractivity contribution is 5.80. The van der Waals surface area contributed by atoms with Gasteiger partial charge in [0, 0.05) is 43.2 Å². The molecule has 0 bridgehead atoms. The van der Waals surface area contributed by atoms with Crippen molar-refractivity contribution in [3.05, 3.63) is 29.9 Å². The van der Waals surface area contributed by atoms with Gasteiger partial charge in [0.2, 0.25) is 11.8 Å². The van der Waals surface area contributed by atoms with Crippen molar-refractivity contribution >= 4 is 5.91 Å². The molecule has 2 aromatic heterocycles. The Morgan fingerprint density at radius 1 is 1.15 bits per heavy atom. The van der Waals surface area contributed by atoms with Gasteiger partial charge in [0.25, 0.3) is 0 Å². The molecule has 0 aromatic carbocycles. The first kappa shape index (κ1) is 18.6. The molecule has 0 N–H and O–H groups in total. The Morgan fingerprint density at radius 3 is 2.42 bits per heavy atom. The van der Waals surface area contributed by atoms with Gasteiger partial charge in [0.05, 0.1) is 0 Å². The molecular formula is C19H29N5O2. The predicted molar refractivity (Wildman–Crippen MR) is 98.0 cm³/mol. The summed E-state index contributed by atoms with van der Waals surface area (Å²) in [5, 5.41) is 4.06. The molecular weight excluding hydrogens is 330 g/mol. The Hall–Kier alpha value is -2.18. The SMILES string of the molecule is CC(C)c1noc(C2CCN(C(=O)[C@@H](C)n3ccnc3C(C)C)CC2)n1. The number of aromatic nitrogens is 4. The van der Waals surface area contributed by atoms with E-state index in [0.29, 0.717) is 11.8 Å². The van der Waals surface area contributed by atoms with Gasteiger partial charge < -0.3 is 14.0 Å². The molecule has 7 nitrogen and oxygen atoms in total. The lowest BCUT2D eigenvalue weighted by Gasteiger charge is -2.33. The highest BCUT2D eigenvalue weighted by atomic mass is 16.5. The van der Waals surface area contributed by atoms with Gasteiger partial charge in [-0.15, -0.1) is 0 Å². The lowest BCUT2D eigenvalue weighted by Crippen LogP contribution is -2.41. The Balaban J connectivity index is 1.62. The molecule has 3 heterocycles. The van der Waals surface area contributed by atoms with E-state index >= 15 is 0 Å². The summed E-state index contributed by atoms with van der Waals surface area (Å²) in [6.07, 6.45) is 5.39. The second kappa shape index (κ2) is 7.60. The Labute approximate surface area is 154 Å². The summed E-state index contributed by atoms with van der Waals surface area (Å²) in [6, 6.07) is -0.234. The largest absolute Gasteiger partial charge is 0.341 e. The van der Waals surface area contributed by atoms with Crippen molar-refractivity contribution in [1.82, 2.24) is 24.6 Å². The third kappa shape index (κ3) is 3.66. The minimum Gasteiger partial charge on any atom is -0.341 e. The lowest BCUT2D eigenvalue weighted by atomic mass is 9.96. The molecule has 1 fully saturated rings. The van der Waals surface area contributed by atoms with E-state index in [1.807, 2.05) is 22.6 Å². The van der Waals surface area contributed by atoms with E-state index in [0.717, 1.165) is 37.6 Å². The molecule has 0 spiro atoms. The number of amides is 1. The number of rotatable bonds is 5. The van der Waals surface area contributed by atoms with Crippen LogP contribution in [0.1, 0.15) is 88.8 Å². The minimum atomic E-state index is -0.234. The van der Waals surface area contributed by atoms with E-state index in [1.54, 1.807) is 6.20 Å². The van der Waals surface area contributed by atoms with Crippen LogP contribution >= 0.6 is 0 Å². The van der Waals surface area contributed by atoms with Gasteiger partial charge >= 0.3 is 0 Å². The van der Waals surface area contributed by atoms with Crippen LogP contribution in [-0.4, -0.2) is 43.6 Å². The summed E-state index contributed by atoms with van der Waals surface area (Å²) in [7, 11) is 0. The van der Waals surface area contributed by atoms with E-state index < -0.39 is 0 Å². The number of nitrogens with zero attached hydrogens (tertiary/aromatic N) is 5. The number of carbonyl (C=O) groups is 1. The number of imidazole rings is 1. The smallest absolute Gasteiger partial charge is 0.245 e. The van der Waals surface area contributed by atoms with Gasteiger partial charge in [-0.25, -0.2) is 4.98 Å². The Morgan fingerprint density at radius 2 is 1.85 bits per heavy atom. The summed E-state index contributed by atoms with van der Waals surface area (Å²) in [5.41, 5.74) is 0. The lowest BCUT2D eigenvalue weighted by molar-refractivity contribution is -0.135. The number of hydrogen-bond acceptors (Lipinski definition) is 5. The number of likely N-dealkylation sites (tertiary alicyclic amines) is 1. The van der Waals surface area contributed by atoms with E-state index in [-0.39, 0.29) is 23.8 Å². The standard InChI is InChI=1S/C19H29N5O2/c1-12(2)16-21-18(26-22-16)15-6-9-23(10-7-15)19(25)14(5)24-11-8-20-17(24)13(3)4/h8,11-15H,6-7,9-10H2,1-5H3/t14-/m1/s1. The first-order valence-corrected chi connectivity index (χ1v) is 9.53. The second-order valence-corrected chi connectivity index (χ2v) is 7.77. The fourth-order valence-corrected chi connectivity index (χ4v) is 3.48. The molecule has 1 atom stereocenters. The molecule has 1 saturated heterocycles. The van der Waals surface area contributed by atoms with Gasteiger partial charge in [-0.2, -0.15) is 4.98 Å². The maximum Gasteiger partial charge on any atom is 0.245 e. The summed E-state index contributed by atoms with van der Waals surface area (Å²) in [5.74, 6) is 3.37. The molecule has 0 aliphatic carbocycles. The molecule has 1 amide bonds. The van der Waals surface area contributed by atoms with Crippen molar-refractivity contribution in [2.75, 3.05) is 13.1 Å². The van der Waals surface area contributed by atoms with Crippen LogP contribution in [-0.2, 0) is 4.79 Å². The van der Waals surface area contributed by atoms with Crippen LogP contribution in [0.4, 0.5) is 0 Å². The van der Waals surface area contributed by atoms with E-state index in [9.17, 15) is 4.79 Å². The van der Waals surface area contributed by atoms with Crippen LogP contribution in [0.3, 0.4) is 0 Å². The molecule has 3 rings (SSSR count). The molecule has 0 saturated carbocycles. The minimum absolute atomic E-state index is 0.150. The summed E-state index contributed by atoms with van der Waals surface area (Å²) in [4.78, 5) is 23.8. The van der Waals surface area contributed by atoms with Crippen molar-refractivity contribution < 1.29 is 9.32 Å². The van der Waals surface area contributed by atoms with Crippen LogP contribution in [0.25, 0.3) is 0 Å². The fourth-order valence-electron chi connectivity index (χ4n) is 3.48. The van der Waals surface area contributed by atoms with Gasteiger partial charge in [-0.1, -0.05) is 32.9 Å². The maximum atomic E-state index is 12.9. The summed E-state index contributed by atoms with van der Waals surface area (Å²) in [6.45, 7) is 11.7. The van der Waals surface area contributed by atoms with Gasteiger partial charge in [0.1, 0.15) is 11.9 Å². The zero-order valence-electron chi connectivity index (χ0n) is 16.3. The molecule has 7 heteroatoms. The van der Waals surface area contributed by atoms with Crippen LogP contribution in [0.2, 0.25) is 0 Å². The second-order valence-electron chi connectivity index (χ2n) is 7.77. The number of carbonyl (C=O) groups excluding carboxylic acids is 1. The molecule has 1 aliphatic rings. The molecule has 26 heavy (non-hydrogen) atoms. The van der Waals surface area contributed by atoms with Crippen LogP contribution < -0.4 is 0 Å². The quantitative estimate of drug-likeness (QED) is 0.817. The number of piperidine rings is 1. The predicted octanol–water partition coefficient (Wildman–Crippen LogP) is 3.48. The van der Waals surface area contributed by atoms with Crippen LogP contribution in [0, 0.1) is 0 Å². The fraction of sp³-hybridized carbons (Fsp3) is 0.684. The molecule has 0 unspecified atom stereocenters. The monoisotopic (exact) mass is 359 g/mol. The maximum absolute atomic E-state index is 12.9. The zero-order chi connectivity index (χ0) is 18.8. The molecule has 142 valence electrons. The summed E-state index contributed by atoms with van der Waals surface area (Å²) >= 11 is 0. The summed E-state index contributed by atoms with van der Waals surface area (Å²) < 4.78 is 7.42. The first-order chi connectivity index (χ1) is 12.4. The highest BCUT2D eigenvalue weighted by Crippen LogP contribution is 2.29. The zero-order valence-corrected chi connectivity index (χ0v) is 16.3. The van der Waals surface area contributed by atoms with E-state index in [2.05, 4.69) is 42.8 Å². The van der Waals surface area contributed by atoms with Crippen LogP contribution in [0.15, 0.2) is 16.9 Å². The topological polar surface area (TPSA) is 77.0 Å². The van der Waals surface area contributed by atoms with Crippen molar-refractivity contribution in [2.45, 2.75) is 71.3 Å².